The van der Waals surface area contributed by atoms with Gasteiger partial charge in [-0.3, -0.25) is 19.2 Å². The first-order valence-corrected chi connectivity index (χ1v) is 19.1. The maximum absolute atomic E-state index is 12.8. The summed E-state index contributed by atoms with van der Waals surface area (Å²) in [5.74, 6) is -2.18. The van der Waals surface area contributed by atoms with Crippen LogP contribution in [0.5, 0.6) is 0 Å². The number of amides is 4. The highest BCUT2D eigenvalue weighted by Gasteiger charge is 2.27. The Labute approximate surface area is 335 Å². The average Bonchev–Trinajstić information content (AvgIpc) is 3.18. The van der Waals surface area contributed by atoms with Gasteiger partial charge in [-0.1, -0.05) is 36.7 Å². The number of rotatable bonds is 37. The molecule has 0 aliphatic heterocycles. The standard InChI is InChI=1S/C37H63N7O13/c1-29(2)35(37(48)41-31(4)36(47)42-32-7-5-30(3)6-8-32)43-34(46)28-57-27-33(45)39-9-11-49-13-15-51-17-19-53-21-23-55-25-26-56-24-22-54-20-18-52-16-14-50-12-10-40-44-38/h5-8,29,31,35H,9-28H2,1-4H3,(H,39,45)(H,41,48)(H,42,47)(H,43,46)/t31-,35-/m0/s1. The summed E-state index contributed by atoms with van der Waals surface area (Å²) < 4.78 is 48.4. The molecule has 20 heteroatoms. The Hall–Kier alpha value is -3.95. The van der Waals surface area contributed by atoms with Gasteiger partial charge in [-0.05, 0) is 37.4 Å². The third kappa shape index (κ3) is 29.9. The Bertz CT molecular complexity index is 1270. The Morgan fingerprint density at radius 2 is 1.04 bits per heavy atom. The van der Waals surface area contributed by atoms with E-state index in [9.17, 15) is 19.2 Å². The fraction of sp³-hybridized carbons (Fsp3) is 0.730. The zero-order valence-electron chi connectivity index (χ0n) is 33.8. The van der Waals surface area contributed by atoms with Gasteiger partial charge in [0.15, 0.2) is 0 Å². The zero-order chi connectivity index (χ0) is 41.8. The molecule has 57 heavy (non-hydrogen) atoms. The van der Waals surface area contributed by atoms with E-state index < -0.39 is 42.3 Å². The molecule has 1 rings (SSSR count). The molecule has 0 bridgehead atoms. The van der Waals surface area contributed by atoms with Crippen LogP contribution in [-0.4, -0.2) is 168 Å². The molecule has 4 amide bonds. The van der Waals surface area contributed by atoms with Crippen LogP contribution >= 0.6 is 0 Å². The van der Waals surface area contributed by atoms with Crippen LogP contribution in [0.25, 0.3) is 10.4 Å². The van der Waals surface area contributed by atoms with E-state index in [0.717, 1.165) is 5.56 Å². The first-order valence-electron chi connectivity index (χ1n) is 19.1. The lowest BCUT2D eigenvalue weighted by Crippen LogP contribution is -2.54. The van der Waals surface area contributed by atoms with Crippen molar-refractivity contribution in [3.05, 3.63) is 40.3 Å². The summed E-state index contributed by atoms with van der Waals surface area (Å²) in [6, 6.07) is 5.51. The average molecular weight is 814 g/mol. The third-order valence-corrected chi connectivity index (χ3v) is 7.37. The second-order valence-corrected chi connectivity index (χ2v) is 12.6. The largest absolute Gasteiger partial charge is 0.379 e. The summed E-state index contributed by atoms with van der Waals surface area (Å²) in [6.07, 6.45) is 0. The minimum atomic E-state index is -0.909. The fourth-order valence-electron chi connectivity index (χ4n) is 4.35. The first-order chi connectivity index (χ1) is 27.6. The monoisotopic (exact) mass is 813 g/mol. The highest BCUT2D eigenvalue weighted by Crippen LogP contribution is 2.09. The van der Waals surface area contributed by atoms with Crippen molar-refractivity contribution in [2.24, 2.45) is 11.0 Å². The summed E-state index contributed by atoms with van der Waals surface area (Å²) >= 11 is 0. The smallest absolute Gasteiger partial charge is 0.246 e. The summed E-state index contributed by atoms with van der Waals surface area (Å²) in [5, 5.41) is 14.0. The number of nitrogens with one attached hydrogen (secondary N) is 4. The van der Waals surface area contributed by atoms with Crippen molar-refractivity contribution in [2.45, 2.75) is 39.8 Å². The summed E-state index contributed by atoms with van der Waals surface area (Å²) in [4.78, 5) is 52.5. The molecule has 0 unspecified atom stereocenters. The number of nitrogens with zero attached hydrogens (tertiary/aromatic N) is 3. The molecule has 0 radical (unpaired) electrons. The molecule has 20 nitrogen and oxygen atoms in total. The van der Waals surface area contributed by atoms with Crippen LogP contribution in [0, 0.1) is 12.8 Å². The van der Waals surface area contributed by atoms with Crippen molar-refractivity contribution in [1.82, 2.24) is 16.0 Å². The Morgan fingerprint density at radius 1 is 0.596 bits per heavy atom. The molecule has 0 spiro atoms. The van der Waals surface area contributed by atoms with Gasteiger partial charge in [-0.15, -0.1) is 0 Å². The van der Waals surface area contributed by atoms with Crippen molar-refractivity contribution in [3.8, 4) is 0 Å². The van der Waals surface area contributed by atoms with Gasteiger partial charge >= 0.3 is 0 Å². The SMILES string of the molecule is Cc1ccc(NC(=O)[C@H](C)NC(=O)[C@@H](NC(=O)COCC(=O)NCCOCCOCCOCCOCCOCCOCCOCCOCCN=[N+]=[N-])C(C)C)cc1. The molecule has 1 aromatic rings. The van der Waals surface area contributed by atoms with Crippen LogP contribution in [0.3, 0.4) is 0 Å². The number of aryl methyl sites for hydroxylation is 1. The molecule has 0 aliphatic rings. The van der Waals surface area contributed by atoms with Gasteiger partial charge < -0.3 is 63.9 Å². The second-order valence-electron chi connectivity index (χ2n) is 12.6. The molecule has 0 aliphatic carbocycles. The Balaban J connectivity index is 1.91. The number of azide groups is 1. The molecule has 0 fully saturated rings. The molecule has 0 saturated carbocycles. The van der Waals surface area contributed by atoms with Gasteiger partial charge in [0.2, 0.25) is 23.6 Å². The van der Waals surface area contributed by atoms with E-state index in [1.165, 1.54) is 0 Å². The van der Waals surface area contributed by atoms with Crippen LogP contribution in [-0.2, 0) is 61.8 Å². The van der Waals surface area contributed by atoms with Gasteiger partial charge in [0.25, 0.3) is 0 Å². The lowest BCUT2D eigenvalue weighted by Gasteiger charge is -2.23. The van der Waals surface area contributed by atoms with Gasteiger partial charge in [-0.25, -0.2) is 0 Å². The van der Waals surface area contributed by atoms with E-state index in [1.807, 2.05) is 19.1 Å². The van der Waals surface area contributed by atoms with Crippen LogP contribution in [0.1, 0.15) is 26.3 Å². The number of carbonyl (C=O) groups excluding carboxylic acids is 4. The normalized spacial score (nSPS) is 12.1. The molecule has 0 heterocycles. The molecular formula is C37H63N7O13. The second kappa shape index (κ2) is 35.2. The summed E-state index contributed by atoms with van der Waals surface area (Å²) in [7, 11) is 0. The maximum atomic E-state index is 12.8. The quantitative estimate of drug-likeness (QED) is 0.0319. The highest BCUT2D eigenvalue weighted by atomic mass is 16.6. The predicted molar refractivity (Wildman–Crippen MR) is 209 cm³/mol. The molecule has 0 saturated heterocycles. The van der Waals surface area contributed by atoms with Gasteiger partial charge in [0, 0.05) is 23.7 Å². The number of hydrogen-bond acceptors (Lipinski definition) is 14. The van der Waals surface area contributed by atoms with Crippen molar-refractivity contribution in [2.75, 3.05) is 137 Å². The van der Waals surface area contributed by atoms with Gasteiger partial charge in [0.1, 0.15) is 25.3 Å². The van der Waals surface area contributed by atoms with Gasteiger partial charge in [0.05, 0.1) is 106 Å². The molecule has 2 atom stereocenters. The van der Waals surface area contributed by atoms with Crippen molar-refractivity contribution in [3.63, 3.8) is 0 Å². The number of carbonyl (C=O) groups is 4. The highest BCUT2D eigenvalue weighted by molar-refractivity contribution is 5.98. The van der Waals surface area contributed by atoms with E-state index in [2.05, 4.69) is 31.3 Å². The van der Waals surface area contributed by atoms with E-state index in [1.54, 1.807) is 32.9 Å². The number of anilines is 1. The maximum Gasteiger partial charge on any atom is 0.246 e. The van der Waals surface area contributed by atoms with E-state index in [0.29, 0.717) is 111 Å². The van der Waals surface area contributed by atoms with Gasteiger partial charge in [-0.2, -0.15) is 0 Å². The molecule has 4 N–H and O–H groups in total. The third-order valence-electron chi connectivity index (χ3n) is 7.37. The van der Waals surface area contributed by atoms with Crippen molar-refractivity contribution >= 4 is 29.3 Å². The molecule has 0 aromatic heterocycles. The van der Waals surface area contributed by atoms with Crippen molar-refractivity contribution < 1.29 is 61.8 Å². The van der Waals surface area contributed by atoms with Crippen LogP contribution < -0.4 is 21.3 Å². The zero-order valence-corrected chi connectivity index (χ0v) is 33.8. The van der Waals surface area contributed by atoms with Crippen LogP contribution in [0.2, 0.25) is 0 Å². The fourth-order valence-corrected chi connectivity index (χ4v) is 4.35. The Morgan fingerprint density at radius 3 is 1.49 bits per heavy atom. The molecule has 324 valence electrons. The topological polar surface area (TPSA) is 248 Å². The lowest BCUT2D eigenvalue weighted by molar-refractivity contribution is -0.135. The van der Waals surface area contributed by atoms with Crippen molar-refractivity contribution in [1.29, 1.82) is 0 Å². The van der Waals surface area contributed by atoms with Crippen LogP contribution in [0.15, 0.2) is 29.4 Å². The molecular weight excluding hydrogens is 750 g/mol. The summed E-state index contributed by atoms with van der Waals surface area (Å²) in [6.45, 7) is 13.5. The summed E-state index contributed by atoms with van der Waals surface area (Å²) in [5.41, 5.74) is 9.81. The lowest BCUT2D eigenvalue weighted by atomic mass is 10.0. The predicted octanol–water partition coefficient (Wildman–Crippen LogP) is 1.15. The Kier molecular flexibility index (Phi) is 31.6. The van der Waals surface area contributed by atoms with E-state index in [4.69, 9.17) is 48.2 Å². The van der Waals surface area contributed by atoms with Crippen LogP contribution in [0.4, 0.5) is 5.69 Å². The number of ether oxygens (including phenoxy) is 9. The first kappa shape index (κ1) is 51.1. The minimum absolute atomic E-state index is 0.248. The minimum Gasteiger partial charge on any atom is -0.379 e. The molecule has 1 aromatic carbocycles. The van der Waals surface area contributed by atoms with E-state index in [-0.39, 0.29) is 25.7 Å². The number of hydrogen-bond donors (Lipinski definition) is 4. The number of benzene rings is 1. The van der Waals surface area contributed by atoms with E-state index >= 15 is 0 Å².